The SMILES string of the molecule is N#Cc1ccc(N2CC(=O)CC2=O)cc1C#N. The van der Waals surface area contributed by atoms with Crippen molar-refractivity contribution in [3.8, 4) is 12.1 Å². The Balaban J connectivity index is 2.42. The molecule has 1 heterocycles. The van der Waals surface area contributed by atoms with Crippen LogP contribution in [-0.2, 0) is 9.59 Å². The van der Waals surface area contributed by atoms with Crippen molar-refractivity contribution in [1.82, 2.24) is 0 Å². The van der Waals surface area contributed by atoms with Gasteiger partial charge in [-0.1, -0.05) is 0 Å². The van der Waals surface area contributed by atoms with E-state index < -0.39 is 0 Å². The molecular formula is C12H7N3O2. The van der Waals surface area contributed by atoms with Crippen LogP contribution < -0.4 is 4.90 Å². The van der Waals surface area contributed by atoms with Crippen molar-refractivity contribution in [2.24, 2.45) is 0 Å². The number of rotatable bonds is 1. The number of ketones is 1. The predicted octanol–water partition coefficient (Wildman–Crippen LogP) is 0.736. The highest BCUT2D eigenvalue weighted by Gasteiger charge is 2.28. The van der Waals surface area contributed by atoms with Crippen molar-refractivity contribution in [2.45, 2.75) is 6.42 Å². The van der Waals surface area contributed by atoms with E-state index >= 15 is 0 Å². The summed E-state index contributed by atoms with van der Waals surface area (Å²) in [5.41, 5.74) is 0.947. The molecule has 0 aliphatic carbocycles. The summed E-state index contributed by atoms with van der Waals surface area (Å²) >= 11 is 0. The molecule has 5 nitrogen and oxygen atoms in total. The number of amides is 1. The lowest BCUT2D eigenvalue weighted by molar-refractivity contribution is -0.121. The van der Waals surface area contributed by atoms with E-state index in [1.807, 2.05) is 12.1 Å². The van der Waals surface area contributed by atoms with Gasteiger partial charge >= 0.3 is 0 Å². The number of carbonyl (C=O) groups is 2. The minimum Gasteiger partial charge on any atom is -0.305 e. The maximum atomic E-state index is 11.5. The smallest absolute Gasteiger partial charge is 0.234 e. The lowest BCUT2D eigenvalue weighted by Crippen LogP contribution is -2.24. The van der Waals surface area contributed by atoms with E-state index in [4.69, 9.17) is 10.5 Å². The van der Waals surface area contributed by atoms with Crippen molar-refractivity contribution in [3.05, 3.63) is 29.3 Å². The lowest BCUT2D eigenvalue weighted by Gasteiger charge is -2.14. The summed E-state index contributed by atoms with van der Waals surface area (Å²) in [4.78, 5) is 24.0. The Morgan fingerprint density at radius 1 is 1.12 bits per heavy atom. The number of nitrogens with zero attached hydrogens (tertiary/aromatic N) is 3. The highest BCUT2D eigenvalue weighted by Crippen LogP contribution is 2.22. The summed E-state index contributed by atoms with van der Waals surface area (Å²) in [6.45, 7) is 0.0373. The zero-order valence-corrected chi connectivity index (χ0v) is 8.80. The lowest BCUT2D eigenvalue weighted by atomic mass is 10.1. The molecule has 0 unspecified atom stereocenters. The fraction of sp³-hybridized carbons (Fsp3) is 0.167. The van der Waals surface area contributed by atoms with Gasteiger partial charge < -0.3 is 4.90 Å². The van der Waals surface area contributed by atoms with Crippen molar-refractivity contribution < 1.29 is 9.59 Å². The molecule has 1 aliphatic heterocycles. The van der Waals surface area contributed by atoms with Gasteiger partial charge in [0.05, 0.1) is 24.1 Å². The van der Waals surface area contributed by atoms with Gasteiger partial charge in [0.2, 0.25) is 5.91 Å². The number of hydrogen-bond donors (Lipinski definition) is 0. The topological polar surface area (TPSA) is 85.0 Å². The summed E-state index contributed by atoms with van der Waals surface area (Å²) < 4.78 is 0. The van der Waals surface area contributed by atoms with Gasteiger partial charge in [-0.2, -0.15) is 10.5 Å². The Kier molecular flexibility index (Phi) is 2.60. The van der Waals surface area contributed by atoms with Crippen molar-refractivity contribution in [2.75, 3.05) is 11.4 Å². The second-order valence-corrected chi connectivity index (χ2v) is 3.65. The van der Waals surface area contributed by atoms with Crippen LogP contribution >= 0.6 is 0 Å². The van der Waals surface area contributed by atoms with Crippen LogP contribution in [0.25, 0.3) is 0 Å². The predicted molar refractivity (Wildman–Crippen MR) is 57.8 cm³/mol. The zero-order chi connectivity index (χ0) is 12.4. The molecule has 0 aromatic heterocycles. The minimum absolute atomic E-state index is 0.0373. The summed E-state index contributed by atoms with van der Waals surface area (Å²) in [5.74, 6) is -0.415. The number of nitriles is 2. The molecule has 82 valence electrons. The highest BCUT2D eigenvalue weighted by molar-refractivity contribution is 6.15. The second kappa shape index (κ2) is 4.07. The first-order chi connectivity index (χ1) is 8.15. The molecule has 1 saturated heterocycles. The number of anilines is 1. The largest absolute Gasteiger partial charge is 0.305 e. The van der Waals surface area contributed by atoms with E-state index in [1.165, 1.54) is 17.0 Å². The zero-order valence-electron chi connectivity index (χ0n) is 8.80. The molecule has 0 spiro atoms. The van der Waals surface area contributed by atoms with E-state index in [2.05, 4.69) is 0 Å². The second-order valence-electron chi connectivity index (χ2n) is 3.65. The Labute approximate surface area is 97.5 Å². The Morgan fingerprint density at radius 2 is 1.82 bits per heavy atom. The maximum absolute atomic E-state index is 11.5. The molecular weight excluding hydrogens is 218 g/mol. The molecule has 0 saturated carbocycles. The summed E-state index contributed by atoms with van der Waals surface area (Å²) in [6.07, 6.45) is -0.0953. The highest BCUT2D eigenvalue weighted by atomic mass is 16.2. The van der Waals surface area contributed by atoms with Crippen LogP contribution in [0, 0.1) is 22.7 Å². The molecule has 1 fully saturated rings. The number of carbonyl (C=O) groups excluding carboxylic acids is 2. The average Bonchev–Trinajstić information content (AvgIpc) is 2.67. The Hall–Kier alpha value is -2.66. The van der Waals surface area contributed by atoms with Crippen LogP contribution in [0.5, 0.6) is 0 Å². The molecule has 1 aromatic rings. The van der Waals surface area contributed by atoms with Gasteiger partial charge in [-0.05, 0) is 18.2 Å². The number of benzene rings is 1. The molecule has 0 atom stereocenters. The Morgan fingerprint density at radius 3 is 2.35 bits per heavy atom. The monoisotopic (exact) mass is 225 g/mol. The van der Waals surface area contributed by atoms with Crippen molar-refractivity contribution >= 4 is 17.4 Å². The van der Waals surface area contributed by atoms with Gasteiger partial charge in [0.15, 0.2) is 5.78 Å². The van der Waals surface area contributed by atoms with E-state index in [0.717, 1.165) is 0 Å². The number of hydrogen-bond acceptors (Lipinski definition) is 4. The molecule has 2 rings (SSSR count). The first-order valence-corrected chi connectivity index (χ1v) is 4.92. The standard InChI is InChI=1S/C12H7N3O2/c13-5-8-1-2-10(3-9(8)6-14)15-7-11(16)4-12(15)17/h1-3H,4,7H2. The normalized spacial score (nSPS) is 14.6. The summed E-state index contributed by atoms with van der Waals surface area (Å²) in [5, 5.41) is 17.6. The van der Waals surface area contributed by atoms with Crippen molar-refractivity contribution in [1.29, 1.82) is 10.5 Å². The van der Waals surface area contributed by atoms with Gasteiger partial charge in [-0.3, -0.25) is 9.59 Å². The molecule has 5 heteroatoms. The molecule has 0 N–H and O–H groups in total. The summed E-state index contributed by atoms with van der Waals surface area (Å²) in [7, 11) is 0. The Bertz CT molecular complexity index is 593. The maximum Gasteiger partial charge on any atom is 0.234 e. The van der Waals surface area contributed by atoms with Crippen LogP contribution in [0.2, 0.25) is 0 Å². The van der Waals surface area contributed by atoms with Gasteiger partial charge in [-0.25, -0.2) is 0 Å². The molecule has 17 heavy (non-hydrogen) atoms. The fourth-order valence-corrected chi connectivity index (χ4v) is 1.71. The fourth-order valence-electron chi connectivity index (χ4n) is 1.71. The third-order valence-corrected chi connectivity index (χ3v) is 2.54. The van der Waals surface area contributed by atoms with Crippen molar-refractivity contribution in [3.63, 3.8) is 0 Å². The molecule has 1 aliphatic rings. The third-order valence-electron chi connectivity index (χ3n) is 2.54. The molecule has 0 bridgehead atoms. The number of Topliss-reactive ketones (excluding diaryl/α,β-unsaturated/α-hetero) is 1. The molecule has 0 radical (unpaired) electrons. The van der Waals surface area contributed by atoms with Crippen LogP contribution in [0.15, 0.2) is 18.2 Å². The van der Waals surface area contributed by atoms with Gasteiger partial charge in [0.1, 0.15) is 12.1 Å². The van der Waals surface area contributed by atoms with Gasteiger partial charge in [0.25, 0.3) is 0 Å². The molecule has 1 amide bonds. The third kappa shape index (κ3) is 1.86. The van der Waals surface area contributed by atoms with Gasteiger partial charge in [-0.15, -0.1) is 0 Å². The van der Waals surface area contributed by atoms with E-state index in [1.54, 1.807) is 6.07 Å². The van der Waals surface area contributed by atoms with E-state index in [9.17, 15) is 9.59 Å². The first-order valence-electron chi connectivity index (χ1n) is 4.92. The van der Waals surface area contributed by atoms with Crippen LogP contribution in [0.1, 0.15) is 17.5 Å². The minimum atomic E-state index is -0.274. The summed E-state index contributed by atoms with van der Waals surface area (Å²) in [6, 6.07) is 8.28. The quantitative estimate of drug-likeness (QED) is 0.659. The first kappa shape index (κ1) is 10.8. The average molecular weight is 225 g/mol. The van der Waals surface area contributed by atoms with Gasteiger partial charge in [0, 0.05) is 5.69 Å². The van der Waals surface area contributed by atoms with E-state index in [0.29, 0.717) is 5.69 Å². The molecule has 1 aromatic carbocycles. The van der Waals surface area contributed by atoms with Crippen LogP contribution in [0.4, 0.5) is 5.69 Å². The van der Waals surface area contributed by atoms with E-state index in [-0.39, 0.29) is 35.8 Å². The van der Waals surface area contributed by atoms with Crippen LogP contribution in [-0.4, -0.2) is 18.2 Å². The van der Waals surface area contributed by atoms with Crippen LogP contribution in [0.3, 0.4) is 0 Å².